The quantitative estimate of drug-likeness (QED) is 0.543. The molecule has 1 aromatic heterocycles. The summed E-state index contributed by atoms with van der Waals surface area (Å²) in [6.07, 6.45) is 6.34. The predicted molar refractivity (Wildman–Crippen MR) is 139 cm³/mol. The van der Waals surface area contributed by atoms with E-state index >= 15 is 0 Å². The molecule has 2 saturated heterocycles. The van der Waals surface area contributed by atoms with E-state index in [1.807, 2.05) is 47.5 Å². The van der Waals surface area contributed by atoms with Crippen molar-refractivity contribution < 1.29 is 18.9 Å². The van der Waals surface area contributed by atoms with Crippen LogP contribution in [0.3, 0.4) is 0 Å². The van der Waals surface area contributed by atoms with E-state index in [9.17, 15) is 14.4 Å². The molecule has 2 aliphatic rings. The van der Waals surface area contributed by atoms with Crippen molar-refractivity contribution in [3.63, 3.8) is 0 Å². The van der Waals surface area contributed by atoms with Gasteiger partial charge in [-0.05, 0) is 51.0 Å². The first-order chi connectivity index (χ1) is 17.0. The van der Waals surface area contributed by atoms with Crippen molar-refractivity contribution in [2.45, 2.75) is 52.0 Å². The molecule has 0 bridgehead atoms. The zero-order chi connectivity index (χ0) is 24.7. The number of aryl methyl sites for hydroxylation is 1. The highest BCUT2D eigenvalue weighted by molar-refractivity contribution is 7.10. The van der Waals surface area contributed by atoms with E-state index in [0.717, 1.165) is 75.1 Å². The number of amides is 3. The van der Waals surface area contributed by atoms with Crippen LogP contribution in [-0.4, -0.2) is 66.4 Å². The van der Waals surface area contributed by atoms with Crippen LogP contribution in [-0.2, 0) is 16.1 Å². The van der Waals surface area contributed by atoms with Gasteiger partial charge in [0.25, 0.3) is 17.7 Å². The van der Waals surface area contributed by atoms with Crippen LogP contribution < -0.4 is 10.6 Å². The molecule has 35 heavy (non-hydrogen) atoms. The molecule has 7 nitrogen and oxygen atoms in total. The van der Waals surface area contributed by atoms with Gasteiger partial charge in [0.05, 0.1) is 24.3 Å². The van der Waals surface area contributed by atoms with Crippen LogP contribution in [0.1, 0.15) is 59.3 Å². The average Bonchev–Trinajstić information content (AvgIpc) is 3.45. The summed E-state index contributed by atoms with van der Waals surface area (Å²) in [4.78, 5) is 42.1. The molecule has 0 atom stereocenters. The topological polar surface area (TPSA) is 78.5 Å². The molecular formula is C27H37N4O3S+. The Labute approximate surface area is 212 Å². The minimum absolute atomic E-state index is 0.00103. The highest BCUT2D eigenvalue weighted by atomic mass is 32.1. The molecule has 0 aliphatic carbocycles. The lowest BCUT2D eigenvalue weighted by atomic mass is 10.2. The summed E-state index contributed by atoms with van der Waals surface area (Å²) in [7, 11) is 0. The second kappa shape index (κ2) is 11.8. The first-order valence-electron chi connectivity index (χ1n) is 12.8. The number of benzene rings is 1. The molecule has 8 heteroatoms. The molecule has 2 aromatic rings. The molecule has 2 fully saturated rings. The van der Waals surface area contributed by atoms with E-state index in [2.05, 4.69) is 10.6 Å². The lowest BCUT2D eigenvalue weighted by Gasteiger charge is -2.36. The van der Waals surface area contributed by atoms with Gasteiger partial charge in [0, 0.05) is 29.9 Å². The molecule has 4 rings (SSSR count). The predicted octanol–water partition coefficient (Wildman–Crippen LogP) is 3.94. The van der Waals surface area contributed by atoms with Crippen LogP contribution >= 0.6 is 11.3 Å². The Bertz CT molecular complexity index is 1020. The zero-order valence-corrected chi connectivity index (χ0v) is 21.5. The van der Waals surface area contributed by atoms with Crippen molar-refractivity contribution >= 4 is 34.7 Å². The maximum atomic E-state index is 13.3. The number of likely N-dealkylation sites (tertiary alicyclic amines) is 2. The highest BCUT2D eigenvalue weighted by Gasteiger charge is 2.35. The Kier molecular flexibility index (Phi) is 8.57. The molecule has 3 amide bonds. The number of carbonyl (C=O) groups excluding carboxylic acids is 3. The van der Waals surface area contributed by atoms with Crippen molar-refractivity contribution in [3.05, 3.63) is 51.7 Å². The monoisotopic (exact) mass is 497 g/mol. The van der Waals surface area contributed by atoms with Gasteiger partial charge in [0.2, 0.25) is 0 Å². The Hall–Kier alpha value is -2.71. The number of hydrogen-bond donors (Lipinski definition) is 2. The molecule has 2 N–H and O–H groups in total. The maximum absolute atomic E-state index is 13.3. The van der Waals surface area contributed by atoms with E-state index in [1.165, 1.54) is 11.3 Å². The smallest absolute Gasteiger partial charge is 0.279 e. The van der Waals surface area contributed by atoms with Gasteiger partial charge in [-0.15, -0.1) is 11.3 Å². The van der Waals surface area contributed by atoms with E-state index in [0.29, 0.717) is 28.8 Å². The molecule has 1 aromatic carbocycles. The third-order valence-corrected chi connectivity index (χ3v) is 8.08. The third kappa shape index (κ3) is 6.70. The summed E-state index contributed by atoms with van der Waals surface area (Å²) in [6.45, 7) is 6.14. The first kappa shape index (κ1) is 25.4. The second-order valence-corrected chi connectivity index (χ2v) is 11.0. The second-order valence-electron chi connectivity index (χ2n) is 9.91. The summed E-state index contributed by atoms with van der Waals surface area (Å²) < 4.78 is 0.463. The minimum Gasteiger partial charge on any atom is -0.347 e. The van der Waals surface area contributed by atoms with Gasteiger partial charge in [0.1, 0.15) is 0 Å². The van der Waals surface area contributed by atoms with Crippen LogP contribution in [0.4, 0.5) is 5.69 Å². The molecule has 2 aliphatic heterocycles. The summed E-state index contributed by atoms with van der Waals surface area (Å²) in [5.74, 6) is -0.152. The van der Waals surface area contributed by atoms with Gasteiger partial charge in [0.15, 0.2) is 13.1 Å². The van der Waals surface area contributed by atoms with Crippen molar-refractivity contribution in [1.82, 2.24) is 10.2 Å². The van der Waals surface area contributed by atoms with Crippen molar-refractivity contribution in [2.75, 3.05) is 44.6 Å². The SMILES string of the molecule is Cc1scc(C(=O)N2CCCC2)c1NC(=O)C[N+]1(CC(=O)NCc2ccccc2)CCCCCC1. The van der Waals surface area contributed by atoms with Crippen LogP contribution in [0.2, 0.25) is 0 Å². The largest absolute Gasteiger partial charge is 0.347 e. The summed E-state index contributed by atoms with van der Waals surface area (Å²) in [5.41, 5.74) is 2.29. The standard InChI is InChI=1S/C27H36N4O3S/c1-21-26(23(20-35-21)27(34)30-13-7-8-14-30)29-25(33)19-31(15-9-2-3-10-16-31)18-24(32)28-17-22-11-5-4-6-12-22/h4-6,11-12,20H,2-3,7-10,13-19H2,1H3,(H-,28,29,32,33)/p+1. The van der Waals surface area contributed by atoms with Gasteiger partial charge < -0.3 is 20.0 Å². The third-order valence-electron chi connectivity index (χ3n) is 7.17. The minimum atomic E-state index is -0.125. The number of rotatable bonds is 8. The van der Waals surface area contributed by atoms with Crippen LogP contribution in [0.25, 0.3) is 0 Å². The van der Waals surface area contributed by atoms with Crippen LogP contribution in [0.5, 0.6) is 0 Å². The number of quaternary nitrogens is 1. The van der Waals surface area contributed by atoms with Crippen LogP contribution in [0.15, 0.2) is 35.7 Å². The fraction of sp³-hybridized carbons (Fsp3) is 0.519. The number of hydrogen-bond acceptors (Lipinski definition) is 4. The number of anilines is 1. The molecule has 188 valence electrons. The fourth-order valence-electron chi connectivity index (χ4n) is 5.23. The normalized spacial score (nSPS) is 17.6. The van der Waals surface area contributed by atoms with E-state index < -0.39 is 0 Å². The zero-order valence-electron chi connectivity index (χ0n) is 20.7. The Morgan fingerprint density at radius 3 is 2.26 bits per heavy atom. The molecule has 0 spiro atoms. The average molecular weight is 498 g/mol. The van der Waals surface area contributed by atoms with E-state index in [-0.39, 0.29) is 24.3 Å². The van der Waals surface area contributed by atoms with Gasteiger partial charge in [-0.25, -0.2) is 0 Å². The van der Waals surface area contributed by atoms with Crippen molar-refractivity contribution in [2.24, 2.45) is 0 Å². The lowest BCUT2D eigenvalue weighted by molar-refractivity contribution is -0.912. The maximum Gasteiger partial charge on any atom is 0.279 e. The Morgan fingerprint density at radius 1 is 0.914 bits per heavy atom. The van der Waals surface area contributed by atoms with Crippen LogP contribution in [0, 0.1) is 6.92 Å². The van der Waals surface area contributed by atoms with Crippen molar-refractivity contribution in [1.29, 1.82) is 0 Å². The number of carbonyl (C=O) groups is 3. The molecule has 3 heterocycles. The first-order valence-corrected chi connectivity index (χ1v) is 13.7. The number of nitrogens with one attached hydrogen (secondary N) is 2. The fourth-order valence-corrected chi connectivity index (χ4v) is 6.02. The van der Waals surface area contributed by atoms with Gasteiger partial charge in [-0.1, -0.05) is 30.3 Å². The lowest BCUT2D eigenvalue weighted by Crippen LogP contribution is -2.57. The van der Waals surface area contributed by atoms with E-state index in [4.69, 9.17) is 0 Å². The molecule has 0 radical (unpaired) electrons. The molecule has 0 saturated carbocycles. The van der Waals surface area contributed by atoms with Gasteiger partial charge in [-0.3, -0.25) is 14.4 Å². The van der Waals surface area contributed by atoms with Gasteiger partial charge >= 0.3 is 0 Å². The number of nitrogens with zero attached hydrogens (tertiary/aromatic N) is 2. The Balaban J connectivity index is 1.43. The Morgan fingerprint density at radius 2 is 1.57 bits per heavy atom. The number of thiophene rings is 1. The van der Waals surface area contributed by atoms with E-state index in [1.54, 1.807) is 0 Å². The summed E-state index contributed by atoms with van der Waals surface area (Å²) in [6, 6.07) is 9.87. The highest BCUT2D eigenvalue weighted by Crippen LogP contribution is 2.30. The van der Waals surface area contributed by atoms with Crippen molar-refractivity contribution in [3.8, 4) is 0 Å². The van der Waals surface area contributed by atoms with Gasteiger partial charge in [-0.2, -0.15) is 0 Å². The summed E-state index contributed by atoms with van der Waals surface area (Å²) in [5, 5.41) is 7.96. The summed E-state index contributed by atoms with van der Waals surface area (Å²) >= 11 is 1.49. The molecule has 0 unspecified atom stereocenters. The molecular weight excluding hydrogens is 460 g/mol.